The zero-order valence-corrected chi connectivity index (χ0v) is 13.6. The summed E-state index contributed by atoms with van der Waals surface area (Å²) in [4.78, 5) is 21.2. The molecule has 122 valence electrons. The van der Waals surface area contributed by atoms with E-state index >= 15 is 0 Å². The number of nitrogens with zero attached hydrogens (tertiary/aromatic N) is 4. The first-order valence-electron chi connectivity index (χ1n) is 7.71. The minimum absolute atomic E-state index is 0.0953. The summed E-state index contributed by atoms with van der Waals surface area (Å²) in [6.45, 7) is 7.19. The minimum atomic E-state index is -0.426. The van der Waals surface area contributed by atoms with Gasteiger partial charge in [0.2, 0.25) is 11.6 Å². The predicted molar refractivity (Wildman–Crippen MR) is 91.4 cm³/mol. The van der Waals surface area contributed by atoms with Crippen molar-refractivity contribution < 1.29 is 4.92 Å². The Labute approximate surface area is 135 Å². The van der Waals surface area contributed by atoms with Crippen LogP contribution in [0.2, 0.25) is 0 Å². The van der Waals surface area contributed by atoms with Gasteiger partial charge >= 0.3 is 5.69 Å². The molecular formula is C16H21N5O2. The van der Waals surface area contributed by atoms with Gasteiger partial charge < -0.3 is 10.2 Å². The average Bonchev–Trinajstić information content (AvgIpc) is 2.56. The Morgan fingerprint density at radius 1 is 1.17 bits per heavy atom. The molecule has 2 aromatic rings. The van der Waals surface area contributed by atoms with Crippen LogP contribution in [0.15, 0.2) is 30.6 Å². The fourth-order valence-corrected chi connectivity index (χ4v) is 2.46. The molecule has 7 nitrogen and oxygen atoms in total. The van der Waals surface area contributed by atoms with Gasteiger partial charge in [-0.25, -0.2) is 9.97 Å². The van der Waals surface area contributed by atoms with E-state index in [1.165, 1.54) is 6.33 Å². The topological polar surface area (TPSA) is 84.2 Å². The lowest BCUT2D eigenvalue weighted by atomic mass is 10.1. The second-order valence-corrected chi connectivity index (χ2v) is 4.96. The molecule has 2 rings (SSSR count). The van der Waals surface area contributed by atoms with E-state index < -0.39 is 4.92 Å². The number of hydrogen-bond acceptors (Lipinski definition) is 6. The summed E-state index contributed by atoms with van der Waals surface area (Å²) in [5.74, 6) is 0.555. The number of anilines is 3. The van der Waals surface area contributed by atoms with Crippen LogP contribution in [0.3, 0.4) is 0 Å². The van der Waals surface area contributed by atoms with Crippen LogP contribution in [-0.2, 0) is 6.42 Å². The Kier molecular flexibility index (Phi) is 5.46. The lowest BCUT2D eigenvalue weighted by Crippen LogP contribution is -2.24. The molecule has 7 heteroatoms. The van der Waals surface area contributed by atoms with E-state index in [0.29, 0.717) is 18.9 Å². The monoisotopic (exact) mass is 315 g/mol. The zero-order valence-electron chi connectivity index (χ0n) is 13.6. The summed E-state index contributed by atoms with van der Waals surface area (Å²) >= 11 is 0. The molecular weight excluding hydrogens is 294 g/mol. The number of rotatable bonds is 7. The van der Waals surface area contributed by atoms with Crippen molar-refractivity contribution in [2.45, 2.75) is 27.2 Å². The Hall–Kier alpha value is -2.70. The standard InChI is InChI=1S/C16H21N5O2/c1-4-12-9-7-8-10-13(12)19-15-14(21(22)23)16(18-11-17-15)20(5-2)6-3/h7-11H,4-6H2,1-3H3,(H,17,18,19). The van der Waals surface area contributed by atoms with E-state index in [9.17, 15) is 10.1 Å². The molecule has 0 saturated heterocycles. The van der Waals surface area contributed by atoms with E-state index in [4.69, 9.17) is 0 Å². The summed E-state index contributed by atoms with van der Waals surface area (Å²) in [6, 6.07) is 7.71. The number of para-hydroxylation sites is 1. The van der Waals surface area contributed by atoms with Crippen molar-refractivity contribution >= 4 is 23.0 Å². The molecule has 23 heavy (non-hydrogen) atoms. The van der Waals surface area contributed by atoms with Gasteiger partial charge in [0.1, 0.15) is 6.33 Å². The summed E-state index contributed by atoms with van der Waals surface area (Å²) in [7, 11) is 0. The molecule has 0 atom stereocenters. The second-order valence-electron chi connectivity index (χ2n) is 4.96. The number of benzene rings is 1. The van der Waals surface area contributed by atoms with Crippen molar-refractivity contribution in [3.05, 3.63) is 46.3 Å². The van der Waals surface area contributed by atoms with Crippen LogP contribution in [0.5, 0.6) is 0 Å². The molecule has 0 saturated carbocycles. The van der Waals surface area contributed by atoms with Gasteiger partial charge in [-0.05, 0) is 31.9 Å². The van der Waals surface area contributed by atoms with Crippen molar-refractivity contribution in [2.24, 2.45) is 0 Å². The van der Waals surface area contributed by atoms with Crippen molar-refractivity contribution in [1.82, 2.24) is 9.97 Å². The predicted octanol–water partition coefficient (Wildman–Crippen LogP) is 3.54. The van der Waals surface area contributed by atoms with E-state index in [-0.39, 0.29) is 11.5 Å². The molecule has 1 aromatic carbocycles. The minimum Gasteiger partial charge on any atom is -0.351 e. The molecule has 1 heterocycles. The van der Waals surface area contributed by atoms with Gasteiger partial charge in [-0.3, -0.25) is 10.1 Å². The van der Waals surface area contributed by atoms with Crippen molar-refractivity contribution in [1.29, 1.82) is 0 Å². The third-order valence-corrected chi connectivity index (χ3v) is 3.70. The summed E-state index contributed by atoms with van der Waals surface area (Å²) in [5.41, 5.74) is 1.80. The Bertz CT molecular complexity index is 686. The van der Waals surface area contributed by atoms with Gasteiger partial charge in [0, 0.05) is 18.8 Å². The van der Waals surface area contributed by atoms with Gasteiger partial charge in [-0.1, -0.05) is 25.1 Å². The molecule has 1 aromatic heterocycles. The lowest BCUT2D eigenvalue weighted by Gasteiger charge is -2.20. The van der Waals surface area contributed by atoms with Gasteiger partial charge in [0.05, 0.1) is 4.92 Å². The van der Waals surface area contributed by atoms with Crippen LogP contribution < -0.4 is 10.2 Å². The van der Waals surface area contributed by atoms with Crippen LogP contribution in [-0.4, -0.2) is 28.0 Å². The van der Waals surface area contributed by atoms with Gasteiger partial charge in [-0.15, -0.1) is 0 Å². The van der Waals surface area contributed by atoms with Crippen LogP contribution in [0.25, 0.3) is 0 Å². The first kappa shape index (κ1) is 16.7. The molecule has 0 bridgehead atoms. The molecule has 1 N–H and O–H groups in total. The number of aryl methyl sites for hydroxylation is 1. The summed E-state index contributed by atoms with van der Waals surface area (Å²) < 4.78 is 0. The number of hydrogen-bond donors (Lipinski definition) is 1. The fourth-order valence-electron chi connectivity index (χ4n) is 2.46. The first-order chi connectivity index (χ1) is 11.1. The maximum Gasteiger partial charge on any atom is 0.353 e. The van der Waals surface area contributed by atoms with Crippen molar-refractivity contribution in [3.8, 4) is 0 Å². The SMILES string of the molecule is CCc1ccccc1Nc1ncnc(N(CC)CC)c1[N+](=O)[O-]. The molecule has 0 spiro atoms. The lowest BCUT2D eigenvalue weighted by molar-refractivity contribution is -0.383. The largest absolute Gasteiger partial charge is 0.353 e. The summed E-state index contributed by atoms with van der Waals surface area (Å²) in [6.07, 6.45) is 2.18. The van der Waals surface area contributed by atoms with Gasteiger partial charge in [-0.2, -0.15) is 0 Å². The van der Waals surface area contributed by atoms with Crippen molar-refractivity contribution in [2.75, 3.05) is 23.3 Å². The van der Waals surface area contributed by atoms with E-state index in [1.807, 2.05) is 49.9 Å². The quantitative estimate of drug-likeness (QED) is 0.621. The Morgan fingerprint density at radius 2 is 1.87 bits per heavy atom. The molecule has 0 radical (unpaired) electrons. The van der Waals surface area contributed by atoms with Crippen molar-refractivity contribution in [3.63, 3.8) is 0 Å². The number of nitro groups is 1. The van der Waals surface area contributed by atoms with Crippen LogP contribution in [0.4, 0.5) is 23.0 Å². The normalized spacial score (nSPS) is 10.4. The average molecular weight is 315 g/mol. The Balaban J connectivity index is 2.50. The zero-order chi connectivity index (χ0) is 16.8. The van der Waals surface area contributed by atoms with E-state index in [0.717, 1.165) is 17.7 Å². The molecule has 0 fully saturated rings. The highest BCUT2D eigenvalue weighted by molar-refractivity contribution is 5.75. The highest BCUT2D eigenvalue weighted by Crippen LogP contribution is 2.34. The third-order valence-electron chi connectivity index (χ3n) is 3.70. The van der Waals surface area contributed by atoms with E-state index in [2.05, 4.69) is 15.3 Å². The number of nitrogens with one attached hydrogen (secondary N) is 1. The summed E-state index contributed by atoms with van der Waals surface area (Å²) in [5, 5.41) is 14.7. The smallest absolute Gasteiger partial charge is 0.351 e. The highest BCUT2D eigenvalue weighted by atomic mass is 16.6. The van der Waals surface area contributed by atoms with E-state index in [1.54, 1.807) is 0 Å². The second kappa shape index (κ2) is 7.53. The van der Waals surface area contributed by atoms with Gasteiger partial charge in [0.25, 0.3) is 0 Å². The highest BCUT2D eigenvalue weighted by Gasteiger charge is 2.26. The third kappa shape index (κ3) is 3.56. The van der Waals surface area contributed by atoms with Gasteiger partial charge in [0.15, 0.2) is 0 Å². The molecule has 0 amide bonds. The fraction of sp³-hybridized carbons (Fsp3) is 0.375. The maximum absolute atomic E-state index is 11.6. The molecule has 0 aliphatic rings. The molecule has 0 aliphatic heterocycles. The maximum atomic E-state index is 11.6. The van der Waals surface area contributed by atoms with Crippen LogP contribution in [0, 0.1) is 10.1 Å². The number of aromatic nitrogens is 2. The Morgan fingerprint density at radius 3 is 2.48 bits per heavy atom. The van der Waals surface area contributed by atoms with Crippen LogP contribution >= 0.6 is 0 Å². The van der Waals surface area contributed by atoms with Crippen LogP contribution in [0.1, 0.15) is 26.3 Å². The molecule has 0 aliphatic carbocycles. The molecule has 0 unspecified atom stereocenters. The first-order valence-corrected chi connectivity index (χ1v) is 7.71.